The van der Waals surface area contributed by atoms with Crippen LogP contribution >= 0.6 is 0 Å². The Morgan fingerprint density at radius 3 is 2.56 bits per heavy atom. The molecule has 1 atom stereocenters. The molecule has 0 radical (unpaired) electrons. The number of hydrazine groups is 1. The first-order chi connectivity index (χ1) is 7.67. The molecule has 0 amide bonds. The van der Waals surface area contributed by atoms with Gasteiger partial charge < -0.3 is 0 Å². The lowest BCUT2D eigenvalue weighted by Gasteiger charge is -2.18. The summed E-state index contributed by atoms with van der Waals surface area (Å²) in [5.74, 6) is 6.36. The summed E-state index contributed by atoms with van der Waals surface area (Å²) in [6.45, 7) is 6.67. The molecule has 1 unspecified atom stereocenters. The van der Waals surface area contributed by atoms with E-state index in [1.54, 1.807) is 0 Å². The number of rotatable bonds is 6. The number of benzene rings is 1. The molecule has 16 heavy (non-hydrogen) atoms. The largest absolute Gasteiger partial charge is 0.271 e. The molecule has 0 bridgehead atoms. The van der Waals surface area contributed by atoms with Gasteiger partial charge in [-0.15, -0.1) is 0 Å². The van der Waals surface area contributed by atoms with Crippen LogP contribution in [0.2, 0.25) is 0 Å². The zero-order valence-electron chi connectivity index (χ0n) is 10.7. The standard InChI is InChI=1S/C14H24N2/c1-4-12-6-5-7-13(10-12)14(16-15)9-8-11(2)3/h5-7,10-11,14,16H,4,8-9,15H2,1-3H3. The molecule has 0 aliphatic rings. The van der Waals surface area contributed by atoms with Gasteiger partial charge in [-0.2, -0.15) is 0 Å². The van der Waals surface area contributed by atoms with Crippen LogP contribution in [0.1, 0.15) is 50.8 Å². The van der Waals surface area contributed by atoms with Crippen molar-refractivity contribution >= 4 is 0 Å². The highest BCUT2D eigenvalue weighted by Crippen LogP contribution is 2.21. The van der Waals surface area contributed by atoms with Crippen LogP contribution in [0.15, 0.2) is 24.3 Å². The van der Waals surface area contributed by atoms with Gasteiger partial charge >= 0.3 is 0 Å². The van der Waals surface area contributed by atoms with Gasteiger partial charge in [0.25, 0.3) is 0 Å². The summed E-state index contributed by atoms with van der Waals surface area (Å²) in [6.07, 6.45) is 3.38. The van der Waals surface area contributed by atoms with Gasteiger partial charge in [-0.1, -0.05) is 45.0 Å². The number of aryl methyl sites for hydroxylation is 1. The average molecular weight is 220 g/mol. The molecule has 0 aliphatic heterocycles. The highest BCUT2D eigenvalue weighted by atomic mass is 15.2. The number of hydrogen-bond donors (Lipinski definition) is 2. The van der Waals surface area contributed by atoms with Crippen molar-refractivity contribution in [2.24, 2.45) is 11.8 Å². The predicted octanol–water partition coefficient (Wildman–Crippen LogP) is 3.19. The van der Waals surface area contributed by atoms with Gasteiger partial charge in [-0.25, -0.2) is 0 Å². The third kappa shape index (κ3) is 3.95. The fraction of sp³-hybridized carbons (Fsp3) is 0.571. The molecule has 2 nitrogen and oxygen atoms in total. The highest BCUT2D eigenvalue weighted by Gasteiger charge is 2.10. The maximum absolute atomic E-state index is 5.63. The van der Waals surface area contributed by atoms with E-state index < -0.39 is 0 Å². The molecule has 1 aromatic rings. The zero-order chi connectivity index (χ0) is 12.0. The molecular weight excluding hydrogens is 196 g/mol. The van der Waals surface area contributed by atoms with Crippen LogP contribution in [0.25, 0.3) is 0 Å². The van der Waals surface area contributed by atoms with E-state index in [1.807, 2.05) is 0 Å². The summed E-state index contributed by atoms with van der Waals surface area (Å²) in [5, 5.41) is 0. The Hall–Kier alpha value is -0.860. The van der Waals surface area contributed by atoms with Crippen LogP contribution in [0.3, 0.4) is 0 Å². The van der Waals surface area contributed by atoms with Crippen LogP contribution in [0.5, 0.6) is 0 Å². The number of nitrogens with two attached hydrogens (primary N) is 1. The third-order valence-electron chi connectivity index (χ3n) is 3.00. The molecule has 2 heteroatoms. The van der Waals surface area contributed by atoms with Crippen molar-refractivity contribution < 1.29 is 0 Å². The van der Waals surface area contributed by atoms with Crippen LogP contribution in [-0.4, -0.2) is 0 Å². The topological polar surface area (TPSA) is 38.0 Å². The molecule has 0 aliphatic carbocycles. The summed E-state index contributed by atoms with van der Waals surface area (Å²) < 4.78 is 0. The Bertz CT molecular complexity index is 307. The van der Waals surface area contributed by atoms with Crippen molar-refractivity contribution in [3.63, 3.8) is 0 Å². The van der Waals surface area contributed by atoms with E-state index in [-0.39, 0.29) is 6.04 Å². The van der Waals surface area contributed by atoms with Crippen molar-refractivity contribution in [2.75, 3.05) is 0 Å². The second kappa shape index (κ2) is 6.66. The van der Waals surface area contributed by atoms with Gasteiger partial charge in [-0.05, 0) is 36.3 Å². The molecular formula is C14H24N2. The quantitative estimate of drug-likeness (QED) is 0.571. The van der Waals surface area contributed by atoms with Crippen LogP contribution in [-0.2, 0) is 6.42 Å². The molecule has 0 spiro atoms. The van der Waals surface area contributed by atoms with E-state index in [2.05, 4.69) is 50.5 Å². The first kappa shape index (κ1) is 13.2. The maximum Gasteiger partial charge on any atom is 0.0460 e. The van der Waals surface area contributed by atoms with Crippen LogP contribution in [0.4, 0.5) is 0 Å². The zero-order valence-corrected chi connectivity index (χ0v) is 10.7. The van der Waals surface area contributed by atoms with Crippen LogP contribution < -0.4 is 11.3 Å². The Morgan fingerprint density at radius 1 is 1.25 bits per heavy atom. The van der Waals surface area contributed by atoms with Gasteiger partial charge in [0.1, 0.15) is 0 Å². The summed E-state index contributed by atoms with van der Waals surface area (Å²) in [6, 6.07) is 8.98. The van der Waals surface area contributed by atoms with Crippen molar-refractivity contribution in [1.29, 1.82) is 0 Å². The Labute approximate surface area is 99.2 Å². The maximum atomic E-state index is 5.63. The molecule has 0 fully saturated rings. The van der Waals surface area contributed by atoms with E-state index in [4.69, 9.17) is 5.84 Å². The highest BCUT2D eigenvalue weighted by molar-refractivity contribution is 5.25. The van der Waals surface area contributed by atoms with Crippen molar-refractivity contribution in [3.8, 4) is 0 Å². The Kier molecular flexibility index (Phi) is 5.50. The Morgan fingerprint density at radius 2 is 2.00 bits per heavy atom. The SMILES string of the molecule is CCc1cccc(C(CCC(C)C)NN)c1. The molecule has 0 saturated carbocycles. The first-order valence-corrected chi connectivity index (χ1v) is 6.22. The fourth-order valence-electron chi connectivity index (χ4n) is 1.88. The third-order valence-corrected chi connectivity index (χ3v) is 3.00. The average Bonchev–Trinajstić information content (AvgIpc) is 2.30. The van der Waals surface area contributed by atoms with E-state index in [1.165, 1.54) is 17.5 Å². The lowest BCUT2D eigenvalue weighted by molar-refractivity contribution is 0.448. The summed E-state index contributed by atoms with van der Waals surface area (Å²) >= 11 is 0. The molecule has 0 saturated heterocycles. The van der Waals surface area contributed by atoms with Gasteiger partial charge in [-0.3, -0.25) is 11.3 Å². The van der Waals surface area contributed by atoms with Crippen molar-refractivity contribution in [1.82, 2.24) is 5.43 Å². The van der Waals surface area contributed by atoms with E-state index in [9.17, 15) is 0 Å². The van der Waals surface area contributed by atoms with Crippen LogP contribution in [0, 0.1) is 5.92 Å². The van der Waals surface area contributed by atoms with Gasteiger partial charge in [0, 0.05) is 6.04 Å². The second-order valence-corrected chi connectivity index (χ2v) is 4.79. The lowest BCUT2D eigenvalue weighted by atomic mass is 9.96. The van der Waals surface area contributed by atoms with Crippen molar-refractivity contribution in [3.05, 3.63) is 35.4 Å². The smallest absolute Gasteiger partial charge is 0.0460 e. The monoisotopic (exact) mass is 220 g/mol. The summed E-state index contributed by atoms with van der Waals surface area (Å²) in [5.41, 5.74) is 5.61. The van der Waals surface area contributed by atoms with E-state index in [0.29, 0.717) is 0 Å². The summed E-state index contributed by atoms with van der Waals surface area (Å²) in [4.78, 5) is 0. The predicted molar refractivity (Wildman–Crippen MR) is 70.0 cm³/mol. The molecule has 3 N–H and O–H groups in total. The molecule has 0 heterocycles. The fourth-order valence-corrected chi connectivity index (χ4v) is 1.88. The molecule has 0 aromatic heterocycles. The normalized spacial score (nSPS) is 13.1. The molecule has 1 aromatic carbocycles. The minimum absolute atomic E-state index is 0.286. The van der Waals surface area contributed by atoms with Gasteiger partial charge in [0.2, 0.25) is 0 Å². The minimum atomic E-state index is 0.286. The molecule has 1 rings (SSSR count). The Balaban J connectivity index is 2.70. The van der Waals surface area contributed by atoms with E-state index in [0.717, 1.165) is 18.8 Å². The lowest BCUT2D eigenvalue weighted by Crippen LogP contribution is -2.28. The van der Waals surface area contributed by atoms with E-state index >= 15 is 0 Å². The summed E-state index contributed by atoms with van der Waals surface area (Å²) in [7, 11) is 0. The molecule has 90 valence electrons. The van der Waals surface area contributed by atoms with Gasteiger partial charge in [0.15, 0.2) is 0 Å². The second-order valence-electron chi connectivity index (χ2n) is 4.79. The number of nitrogens with one attached hydrogen (secondary N) is 1. The minimum Gasteiger partial charge on any atom is -0.271 e. The van der Waals surface area contributed by atoms with Gasteiger partial charge in [0.05, 0.1) is 0 Å². The van der Waals surface area contributed by atoms with Crippen molar-refractivity contribution in [2.45, 2.75) is 46.1 Å². The first-order valence-electron chi connectivity index (χ1n) is 6.22. The number of hydrogen-bond acceptors (Lipinski definition) is 2.